The minimum Gasteiger partial charge on any atom is -0.456 e. The Kier molecular flexibility index (Phi) is 3.65. The number of hydrogen-bond donors (Lipinski definition) is 0. The van der Waals surface area contributed by atoms with Crippen molar-refractivity contribution in [1.29, 1.82) is 10.5 Å². The Morgan fingerprint density at radius 3 is 2.68 bits per heavy atom. The lowest BCUT2D eigenvalue weighted by atomic mass is 10.2. The smallest absolute Gasteiger partial charge is 0.185 e. The van der Waals surface area contributed by atoms with Gasteiger partial charge in [0.15, 0.2) is 5.13 Å². The molecule has 0 N–H and O–H groups in total. The summed E-state index contributed by atoms with van der Waals surface area (Å²) in [6, 6.07) is 7.10. The van der Waals surface area contributed by atoms with Crippen molar-refractivity contribution in [2.45, 2.75) is 0 Å². The highest BCUT2D eigenvalue weighted by atomic mass is 32.1. The molecule has 0 radical (unpaired) electrons. The van der Waals surface area contributed by atoms with Crippen LogP contribution in [0.3, 0.4) is 0 Å². The third kappa shape index (κ3) is 2.82. The van der Waals surface area contributed by atoms with Gasteiger partial charge in [-0.05, 0) is 12.1 Å². The summed E-state index contributed by atoms with van der Waals surface area (Å²) >= 11 is 1.51. The summed E-state index contributed by atoms with van der Waals surface area (Å²) in [6.07, 6.45) is 3.15. The van der Waals surface area contributed by atoms with Gasteiger partial charge >= 0.3 is 0 Å². The molecule has 0 aromatic carbocycles. The van der Waals surface area contributed by atoms with Crippen LogP contribution in [0.4, 0.5) is 5.13 Å². The molecule has 0 fully saturated rings. The van der Waals surface area contributed by atoms with Crippen molar-refractivity contribution in [3.05, 3.63) is 29.7 Å². The van der Waals surface area contributed by atoms with Crippen molar-refractivity contribution in [3.8, 4) is 22.8 Å². The van der Waals surface area contributed by atoms with E-state index in [-0.39, 0.29) is 5.57 Å². The Bertz CT molecular complexity index is 681. The second-order valence-electron chi connectivity index (χ2n) is 3.89. The van der Waals surface area contributed by atoms with Gasteiger partial charge in [-0.3, -0.25) is 0 Å². The Balaban J connectivity index is 2.29. The third-order valence-corrected chi connectivity index (χ3v) is 3.45. The van der Waals surface area contributed by atoms with E-state index in [9.17, 15) is 0 Å². The van der Waals surface area contributed by atoms with E-state index in [1.165, 1.54) is 17.4 Å². The van der Waals surface area contributed by atoms with E-state index in [1.54, 1.807) is 30.5 Å². The van der Waals surface area contributed by atoms with Crippen molar-refractivity contribution in [3.63, 3.8) is 0 Å². The third-order valence-electron chi connectivity index (χ3n) is 2.27. The highest BCUT2D eigenvalue weighted by molar-refractivity contribution is 7.18. The number of thiazole rings is 1. The highest BCUT2D eigenvalue weighted by Crippen LogP contribution is 2.31. The second kappa shape index (κ2) is 5.38. The van der Waals surface area contributed by atoms with Crippen molar-refractivity contribution >= 4 is 22.5 Å². The summed E-state index contributed by atoms with van der Waals surface area (Å²) < 4.78 is 5.57. The van der Waals surface area contributed by atoms with Crippen LogP contribution in [-0.4, -0.2) is 19.1 Å². The summed E-state index contributed by atoms with van der Waals surface area (Å²) in [4.78, 5) is 7.08. The van der Waals surface area contributed by atoms with Gasteiger partial charge in [0.1, 0.15) is 29.2 Å². The topological polar surface area (TPSA) is 76.8 Å². The van der Waals surface area contributed by atoms with E-state index in [0.29, 0.717) is 11.5 Å². The van der Waals surface area contributed by atoms with Crippen molar-refractivity contribution in [2.24, 2.45) is 0 Å². The molecular formula is C13H10N4OS. The molecule has 0 saturated heterocycles. The molecular weight excluding hydrogens is 260 g/mol. The lowest BCUT2D eigenvalue weighted by molar-refractivity contribution is 0.573. The van der Waals surface area contributed by atoms with Crippen LogP contribution in [0.1, 0.15) is 5.76 Å². The minimum absolute atomic E-state index is 0.0131. The van der Waals surface area contributed by atoms with Crippen molar-refractivity contribution in [2.75, 3.05) is 19.0 Å². The number of aromatic nitrogens is 1. The van der Waals surface area contributed by atoms with Gasteiger partial charge in [0.25, 0.3) is 0 Å². The Morgan fingerprint density at radius 2 is 2.11 bits per heavy atom. The molecule has 0 saturated carbocycles. The van der Waals surface area contributed by atoms with Gasteiger partial charge < -0.3 is 9.32 Å². The molecule has 2 aromatic heterocycles. The molecule has 2 aromatic rings. The molecule has 0 atom stereocenters. The van der Waals surface area contributed by atoms with E-state index in [2.05, 4.69) is 4.98 Å². The highest BCUT2D eigenvalue weighted by Gasteiger charge is 2.09. The average molecular weight is 270 g/mol. The lowest BCUT2D eigenvalue weighted by Crippen LogP contribution is -2.07. The fraction of sp³-hybridized carbons (Fsp3) is 0.154. The minimum atomic E-state index is 0.0131. The van der Waals surface area contributed by atoms with E-state index >= 15 is 0 Å². The molecule has 19 heavy (non-hydrogen) atoms. The SMILES string of the molecule is CN(C)c1ncc(-c2ccc(C=C(C#N)C#N)o2)s1. The normalized spacial score (nSPS) is 9.47. The maximum Gasteiger partial charge on any atom is 0.185 e. The molecule has 0 aliphatic heterocycles. The van der Waals surface area contributed by atoms with E-state index < -0.39 is 0 Å². The quantitative estimate of drug-likeness (QED) is 0.801. The molecule has 2 heterocycles. The predicted molar refractivity (Wildman–Crippen MR) is 73.3 cm³/mol. The summed E-state index contributed by atoms with van der Waals surface area (Å²) in [5, 5.41) is 18.2. The zero-order valence-corrected chi connectivity index (χ0v) is 11.2. The van der Waals surface area contributed by atoms with E-state index in [0.717, 1.165) is 10.0 Å². The predicted octanol–water partition coefficient (Wildman–Crippen LogP) is 2.90. The first-order valence-electron chi connectivity index (χ1n) is 5.39. The van der Waals surface area contributed by atoms with Gasteiger partial charge in [0.2, 0.25) is 0 Å². The Hall–Kier alpha value is -2.57. The molecule has 0 unspecified atom stereocenters. The lowest BCUT2D eigenvalue weighted by Gasteiger charge is -2.04. The van der Waals surface area contributed by atoms with Gasteiger partial charge in [0, 0.05) is 20.2 Å². The molecule has 0 aliphatic rings. The van der Waals surface area contributed by atoms with Crippen LogP contribution in [0.25, 0.3) is 16.7 Å². The summed E-state index contributed by atoms with van der Waals surface area (Å²) in [7, 11) is 3.84. The van der Waals surface area contributed by atoms with Crippen LogP contribution < -0.4 is 4.90 Å². The van der Waals surface area contributed by atoms with Crippen molar-refractivity contribution < 1.29 is 4.42 Å². The zero-order chi connectivity index (χ0) is 13.8. The fourth-order valence-corrected chi connectivity index (χ4v) is 2.18. The summed E-state index contributed by atoms with van der Waals surface area (Å²) in [5.74, 6) is 1.15. The molecule has 5 nitrogen and oxygen atoms in total. The number of anilines is 1. The molecule has 2 rings (SSSR count). The first kappa shape index (κ1) is 12.9. The van der Waals surface area contributed by atoms with Gasteiger partial charge in [0.05, 0.1) is 11.1 Å². The maximum atomic E-state index is 8.68. The molecule has 94 valence electrons. The van der Waals surface area contributed by atoms with Crippen LogP contribution in [0.2, 0.25) is 0 Å². The first-order chi connectivity index (χ1) is 9.13. The maximum absolute atomic E-state index is 8.68. The van der Waals surface area contributed by atoms with Crippen molar-refractivity contribution in [1.82, 2.24) is 4.98 Å². The van der Waals surface area contributed by atoms with Crippen LogP contribution in [0, 0.1) is 22.7 Å². The molecule has 0 aliphatic carbocycles. The van der Waals surface area contributed by atoms with Gasteiger partial charge in [-0.25, -0.2) is 4.98 Å². The molecule has 0 amide bonds. The number of nitriles is 2. The molecule has 0 bridgehead atoms. The molecule has 0 spiro atoms. The largest absolute Gasteiger partial charge is 0.456 e. The Morgan fingerprint density at radius 1 is 1.37 bits per heavy atom. The van der Waals surface area contributed by atoms with Crippen LogP contribution in [-0.2, 0) is 0 Å². The number of allylic oxidation sites excluding steroid dienone is 1. The average Bonchev–Trinajstić information content (AvgIpc) is 3.04. The number of hydrogen-bond acceptors (Lipinski definition) is 6. The summed E-state index contributed by atoms with van der Waals surface area (Å²) in [6.45, 7) is 0. The van der Waals surface area contributed by atoms with Gasteiger partial charge in [-0.2, -0.15) is 10.5 Å². The monoisotopic (exact) mass is 270 g/mol. The number of nitrogens with zero attached hydrogens (tertiary/aromatic N) is 4. The Labute approximate surface area is 114 Å². The summed E-state index contributed by atoms with van der Waals surface area (Å²) in [5.41, 5.74) is 0.0131. The van der Waals surface area contributed by atoms with Crippen LogP contribution >= 0.6 is 11.3 Å². The number of rotatable bonds is 3. The van der Waals surface area contributed by atoms with E-state index in [1.807, 2.05) is 19.0 Å². The van der Waals surface area contributed by atoms with Gasteiger partial charge in [-0.1, -0.05) is 11.3 Å². The zero-order valence-electron chi connectivity index (χ0n) is 10.4. The fourth-order valence-electron chi connectivity index (χ4n) is 1.38. The van der Waals surface area contributed by atoms with Crippen LogP contribution in [0.15, 0.2) is 28.3 Å². The van der Waals surface area contributed by atoms with Gasteiger partial charge in [-0.15, -0.1) is 0 Å². The first-order valence-corrected chi connectivity index (χ1v) is 6.21. The standard InChI is InChI=1S/C13H10N4OS/c1-17(2)13-16-8-12(19-13)11-4-3-10(18-11)5-9(6-14)7-15/h3-5,8H,1-2H3. The molecule has 6 heteroatoms. The second-order valence-corrected chi connectivity index (χ2v) is 4.89. The van der Waals surface area contributed by atoms with E-state index in [4.69, 9.17) is 14.9 Å². The van der Waals surface area contributed by atoms with Crippen LogP contribution in [0.5, 0.6) is 0 Å². The number of furan rings is 1.